The van der Waals surface area contributed by atoms with Gasteiger partial charge in [0.25, 0.3) is 7.82 Å². The Labute approximate surface area is 186 Å². The summed E-state index contributed by atoms with van der Waals surface area (Å²) >= 11 is 0. The number of rotatable bonds is 22. The van der Waals surface area contributed by atoms with E-state index in [0.29, 0.717) is 11.0 Å². The molecule has 0 spiro atoms. The van der Waals surface area contributed by atoms with Crippen LogP contribution in [0.25, 0.3) is 0 Å². The molecule has 30 heavy (non-hydrogen) atoms. The van der Waals surface area contributed by atoms with E-state index < -0.39 is 7.82 Å². The van der Waals surface area contributed by atoms with Crippen molar-refractivity contribution < 1.29 is 28.1 Å². The lowest BCUT2D eigenvalue weighted by Crippen LogP contribution is -2.37. The molecule has 0 fully saturated rings. The molecule has 0 aromatic carbocycles. The van der Waals surface area contributed by atoms with E-state index >= 15 is 0 Å². The summed E-state index contributed by atoms with van der Waals surface area (Å²) in [7, 11) is 1.62. The molecule has 0 radical (unpaired) electrons. The van der Waals surface area contributed by atoms with Gasteiger partial charge in [0.1, 0.15) is 13.2 Å². The van der Waals surface area contributed by atoms with Crippen LogP contribution in [0, 0.1) is 5.92 Å². The molecule has 182 valence electrons. The van der Waals surface area contributed by atoms with Crippen LogP contribution >= 0.6 is 7.82 Å². The number of aliphatic hydroxyl groups excluding tert-OH is 1. The first-order valence-electron chi connectivity index (χ1n) is 12.2. The summed E-state index contributed by atoms with van der Waals surface area (Å²) in [6.07, 6.45) is 17.7. The second-order valence-electron chi connectivity index (χ2n) is 9.67. The fourth-order valence-electron chi connectivity index (χ4n) is 3.34. The second kappa shape index (κ2) is 18.6. The summed E-state index contributed by atoms with van der Waals surface area (Å²) < 4.78 is 22.3. The van der Waals surface area contributed by atoms with Crippen molar-refractivity contribution in [2.45, 2.75) is 96.8 Å². The summed E-state index contributed by atoms with van der Waals surface area (Å²) in [6, 6.07) is 0. The molecule has 0 aliphatic heterocycles. The van der Waals surface area contributed by atoms with E-state index in [-0.39, 0.29) is 25.7 Å². The molecule has 6 nitrogen and oxygen atoms in total. The highest BCUT2D eigenvalue weighted by Gasteiger charge is 2.16. The standard InChI is InChI=1S/C23H50NO5P/c1-5-6-7-8-9-10-11-12-13-14-15-16-17-18-23(21-25)22-29-30(26,27)28-20-19-24(2,3)4/h23,25H,5-22H2,1-4H3. The first-order valence-corrected chi connectivity index (χ1v) is 13.7. The molecule has 0 saturated heterocycles. The van der Waals surface area contributed by atoms with Crippen LogP contribution in [0.4, 0.5) is 0 Å². The summed E-state index contributed by atoms with van der Waals surface area (Å²) in [6.45, 7) is 2.88. The Morgan fingerprint density at radius 3 is 1.73 bits per heavy atom. The average Bonchev–Trinajstić information content (AvgIpc) is 2.66. The van der Waals surface area contributed by atoms with Crippen LogP contribution in [-0.4, -0.2) is 57.1 Å². The van der Waals surface area contributed by atoms with Gasteiger partial charge in [0.15, 0.2) is 0 Å². The second-order valence-corrected chi connectivity index (χ2v) is 11.1. The third-order valence-corrected chi connectivity index (χ3v) is 6.42. The van der Waals surface area contributed by atoms with Gasteiger partial charge in [-0.05, 0) is 6.42 Å². The molecule has 0 saturated carbocycles. The van der Waals surface area contributed by atoms with Gasteiger partial charge < -0.3 is 23.5 Å². The largest absolute Gasteiger partial charge is 0.756 e. The number of likely N-dealkylation sites (N-methyl/N-ethyl adjacent to an activating group) is 1. The number of aliphatic hydroxyl groups is 1. The molecular formula is C23H50NO5P. The fraction of sp³-hybridized carbons (Fsp3) is 1.00. The third kappa shape index (κ3) is 21.3. The Balaban J connectivity index is 3.62. The van der Waals surface area contributed by atoms with Crippen LogP contribution in [-0.2, 0) is 13.6 Å². The Bertz CT molecular complexity index is 428. The fourth-order valence-corrected chi connectivity index (χ4v) is 4.11. The van der Waals surface area contributed by atoms with Crippen molar-refractivity contribution in [1.29, 1.82) is 0 Å². The molecule has 0 rings (SSSR count). The lowest BCUT2D eigenvalue weighted by Gasteiger charge is -2.28. The molecule has 2 atom stereocenters. The SMILES string of the molecule is CCCCCCCCCCCCCCCC(CO)COP(=O)([O-])OCC[N+](C)(C)C. The first-order chi connectivity index (χ1) is 14.2. The van der Waals surface area contributed by atoms with Gasteiger partial charge >= 0.3 is 0 Å². The van der Waals surface area contributed by atoms with Crippen LogP contribution in [0.3, 0.4) is 0 Å². The average molecular weight is 452 g/mol. The summed E-state index contributed by atoms with van der Waals surface area (Å²) in [5.74, 6) is -0.151. The summed E-state index contributed by atoms with van der Waals surface area (Å²) in [4.78, 5) is 11.8. The molecule has 0 aliphatic rings. The minimum absolute atomic E-state index is 0.0000904. The van der Waals surface area contributed by atoms with E-state index in [1.165, 1.54) is 70.6 Å². The van der Waals surface area contributed by atoms with Crippen molar-refractivity contribution >= 4 is 7.82 Å². The Morgan fingerprint density at radius 1 is 0.833 bits per heavy atom. The number of phosphoric ester groups is 1. The smallest absolute Gasteiger partial charge is 0.268 e. The van der Waals surface area contributed by atoms with E-state index in [1.54, 1.807) is 0 Å². The minimum Gasteiger partial charge on any atom is -0.756 e. The van der Waals surface area contributed by atoms with Crippen molar-refractivity contribution in [3.63, 3.8) is 0 Å². The van der Waals surface area contributed by atoms with Gasteiger partial charge in [-0.2, -0.15) is 0 Å². The van der Waals surface area contributed by atoms with Gasteiger partial charge in [0, 0.05) is 12.5 Å². The minimum atomic E-state index is -4.29. The molecule has 0 aliphatic carbocycles. The molecule has 0 amide bonds. The highest BCUT2D eigenvalue weighted by atomic mass is 31.2. The van der Waals surface area contributed by atoms with Crippen molar-refractivity contribution in [3.8, 4) is 0 Å². The van der Waals surface area contributed by atoms with Gasteiger partial charge in [0.2, 0.25) is 0 Å². The van der Waals surface area contributed by atoms with E-state index in [1.807, 2.05) is 21.1 Å². The molecular weight excluding hydrogens is 401 g/mol. The maximum atomic E-state index is 11.8. The highest BCUT2D eigenvalue weighted by molar-refractivity contribution is 7.45. The zero-order valence-corrected chi connectivity index (χ0v) is 21.2. The lowest BCUT2D eigenvalue weighted by atomic mass is 10.0. The van der Waals surface area contributed by atoms with E-state index in [2.05, 4.69) is 6.92 Å². The van der Waals surface area contributed by atoms with Gasteiger partial charge in [-0.25, -0.2) is 0 Å². The van der Waals surface area contributed by atoms with E-state index in [4.69, 9.17) is 9.05 Å². The van der Waals surface area contributed by atoms with Crippen LogP contribution in [0.15, 0.2) is 0 Å². The molecule has 0 aromatic heterocycles. The van der Waals surface area contributed by atoms with Crippen LogP contribution in [0.2, 0.25) is 0 Å². The Morgan fingerprint density at radius 2 is 1.30 bits per heavy atom. The number of hydrogen-bond donors (Lipinski definition) is 1. The Hall–Kier alpha value is 0.0300. The predicted molar refractivity (Wildman–Crippen MR) is 123 cm³/mol. The molecule has 2 unspecified atom stereocenters. The monoisotopic (exact) mass is 451 g/mol. The first kappa shape index (κ1) is 30.0. The zero-order chi connectivity index (χ0) is 22.7. The highest BCUT2D eigenvalue weighted by Crippen LogP contribution is 2.38. The molecule has 1 N–H and O–H groups in total. The van der Waals surface area contributed by atoms with Gasteiger partial charge in [-0.3, -0.25) is 4.57 Å². The van der Waals surface area contributed by atoms with Crippen molar-refractivity contribution in [3.05, 3.63) is 0 Å². The topological polar surface area (TPSA) is 78.8 Å². The zero-order valence-electron chi connectivity index (χ0n) is 20.3. The Kier molecular flexibility index (Phi) is 18.6. The third-order valence-electron chi connectivity index (χ3n) is 5.45. The van der Waals surface area contributed by atoms with E-state index in [9.17, 15) is 14.6 Å². The van der Waals surface area contributed by atoms with E-state index in [0.717, 1.165) is 19.3 Å². The number of hydrogen-bond acceptors (Lipinski definition) is 5. The molecule has 0 aromatic rings. The molecule has 0 heterocycles. The van der Waals surface area contributed by atoms with Gasteiger partial charge in [-0.15, -0.1) is 0 Å². The number of quaternary nitrogens is 1. The number of phosphoric acid groups is 1. The molecule has 7 heteroatoms. The normalized spacial score (nSPS) is 15.3. The maximum absolute atomic E-state index is 11.8. The van der Waals surface area contributed by atoms with Gasteiger partial charge in [0.05, 0.1) is 27.7 Å². The summed E-state index contributed by atoms with van der Waals surface area (Å²) in [5.41, 5.74) is 0. The predicted octanol–water partition coefficient (Wildman–Crippen LogP) is 5.28. The quantitative estimate of drug-likeness (QED) is 0.138. The number of unbranched alkanes of at least 4 members (excludes halogenated alkanes) is 12. The number of nitrogens with zero attached hydrogens (tertiary/aromatic N) is 1. The maximum Gasteiger partial charge on any atom is 0.268 e. The van der Waals surface area contributed by atoms with Gasteiger partial charge in [-0.1, -0.05) is 90.4 Å². The van der Waals surface area contributed by atoms with Crippen molar-refractivity contribution in [2.75, 3.05) is 47.5 Å². The van der Waals surface area contributed by atoms with Crippen LogP contribution in [0.5, 0.6) is 0 Å². The summed E-state index contributed by atoms with van der Waals surface area (Å²) in [5, 5.41) is 9.48. The van der Waals surface area contributed by atoms with Crippen LogP contribution < -0.4 is 4.89 Å². The van der Waals surface area contributed by atoms with Crippen LogP contribution in [0.1, 0.15) is 96.8 Å². The lowest BCUT2D eigenvalue weighted by molar-refractivity contribution is -0.870. The van der Waals surface area contributed by atoms with Crippen molar-refractivity contribution in [2.24, 2.45) is 5.92 Å². The van der Waals surface area contributed by atoms with Crippen molar-refractivity contribution in [1.82, 2.24) is 0 Å². The molecule has 0 bridgehead atoms.